The Labute approximate surface area is 130 Å². The van der Waals surface area contributed by atoms with Gasteiger partial charge in [-0.2, -0.15) is 0 Å². The largest absolute Gasteiger partial charge is 0.352 e. The fourth-order valence-corrected chi connectivity index (χ4v) is 3.04. The summed E-state index contributed by atoms with van der Waals surface area (Å²) in [4.78, 5) is 49.3. The van der Waals surface area contributed by atoms with E-state index < -0.39 is 17.8 Å². The molecule has 2 aliphatic rings. The molecule has 0 aromatic heterocycles. The van der Waals surface area contributed by atoms with Gasteiger partial charge < -0.3 is 5.32 Å². The summed E-state index contributed by atoms with van der Waals surface area (Å²) < 4.78 is 0. The zero-order chi connectivity index (χ0) is 16.3. The lowest BCUT2D eigenvalue weighted by atomic mass is 9.86. The highest BCUT2D eigenvalue weighted by molar-refractivity contribution is 6.45. The van der Waals surface area contributed by atoms with Crippen molar-refractivity contribution in [2.75, 3.05) is 13.1 Å². The van der Waals surface area contributed by atoms with Gasteiger partial charge in [-0.3, -0.25) is 19.3 Å². The molecule has 1 aliphatic carbocycles. The molecular formula is C15H23N3O4. The number of imide groups is 2. The molecule has 0 aromatic rings. The minimum atomic E-state index is -0.912. The number of hydrogen-bond donors (Lipinski definition) is 1. The molecule has 7 nitrogen and oxygen atoms in total. The molecule has 2 fully saturated rings. The SMILES string of the molecule is CCCN1C(=O)C(=O)N(CC(=O)N[C@H]2CCCC[C@H]2C)C1=O. The van der Waals surface area contributed by atoms with E-state index >= 15 is 0 Å². The second-order valence-corrected chi connectivity index (χ2v) is 6.07. The lowest BCUT2D eigenvalue weighted by molar-refractivity contribution is -0.144. The highest BCUT2D eigenvalue weighted by Gasteiger charge is 2.44. The number of rotatable bonds is 5. The van der Waals surface area contributed by atoms with Gasteiger partial charge in [0.15, 0.2) is 0 Å². The predicted molar refractivity (Wildman–Crippen MR) is 78.7 cm³/mol. The quantitative estimate of drug-likeness (QED) is 0.603. The molecule has 1 saturated carbocycles. The summed E-state index contributed by atoms with van der Waals surface area (Å²) in [6, 6.07) is -0.611. The Morgan fingerprint density at radius 3 is 2.41 bits per heavy atom. The first-order valence-electron chi connectivity index (χ1n) is 7.92. The van der Waals surface area contributed by atoms with Crippen molar-refractivity contribution in [1.82, 2.24) is 15.1 Å². The number of nitrogens with zero attached hydrogens (tertiary/aromatic N) is 2. The van der Waals surface area contributed by atoms with Crippen LogP contribution in [0.3, 0.4) is 0 Å². The van der Waals surface area contributed by atoms with Gasteiger partial charge in [0.1, 0.15) is 6.54 Å². The normalized spacial score (nSPS) is 25.8. The van der Waals surface area contributed by atoms with Crippen LogP contribution in [0.5, 0.6) is 0 Å². The average molecular weight is 309 g/mol. The van der Waals surface area contributed by atoms with Gasteiger partial charge in [0.2, 0.25) is 5.91 Å². The first-order chi connectivity index (χ1) is 10.5. The third-order valence-corrected chi connectivity index (χ3v) is 4.34. The van der Waals surface area contributed by atoms with Crippen LogP contribution in [0.1, 0.15) is 46.0 Å². The Balaban J connectivity index is 1.94. The third kappa shape index (κ3) is 3.28. The number of urea groups is 1. The van der Waals surface area contributed by atoms with E-state index in [4.69, 9.17) is 0 Å². The molecule has 1 N–H and O–H groups in total. The third-order valence-electron chi connectivity index (χ3n) is 4.34. The molecule has 5 amide bonds. The van der Waals surface area contributed by atoms with E-state index in [1.165, 1.54) is 0 Å². The summed E-state index contributed by atoms with van der Waals surface area (Å²) in [6.07, 6.45) is 4.78. The van der Waals surface area contributed by atoms with Crippen molar-refractivity contribution < 1.29 is 19.2 Å². The predicted octanol–water partition coefficient (Wildman–Crippen LogP) is 0.882. The van der Waals surface area contributed by atoms with Gasteiger partial charge in [0.05, 0.1) is 0 Å². The molecule has 0 unspecified atom stereocenters. The maximum absolute atomic E-state index is 12.1. The van der Waals surface area contributed by atoms with E-state index in [0.717, 1.165) is 35.5 Å². The Hall–Kier alpha value is -1.92. The molecule has 0 bridgehead atoms. The zero-order valence-electron chi connectivity index (χ0n) is 13.1. The Kier molecular flexibility index (Phi) is 5.15. The van der Waals surface area contributed by atoms with E-state index in [0.29, 0.717) is 12.3 Å². The Morgan fingerprint density at radius 2 is 1.77 bits per heavy atom. The molecule has 2 atom stereocenters. The van der Waals surface area contributed by atoms with Crippen LogP contribution in [-0.4, -0.2) is 52.7 Å². The number of hydrogen-bond acceptors (Lipinski definition) is 4. The standard InChI is InChI=1S/C15H23N3O4/c1-3-8-17-13(20)14(21)18(15(17)22)9-12(19)16-11-7-5-4-6-10(11)2/h10-11H,3-9H2,1-2H3,(H,16,19)/t10-,11+/m1/s1. The van der Waals surface area contributed by atoms with Gasteiger partial charge >= 0.3 is 17.8 Å². The lowest BCUT2D eigenvalue weighted by Crippen LogP contribution is -2.47. The summed E-state index contributed by atoms with van der Waals surface area (Å²) in [7, 11) is 0. The van der Waals surface area contributed by atoms with Gasteiger partial charge in [-0.05, 0) is 25.2 Å². The van der Waals surface area contributed by atoms with E-state index in [1.807, 2.05) is 6.92 Å². The molecule has 0 spiro atoms. The smallest absolute Gasteiger partial charge is 0.334 e. The molecule has 0 aromatic carbocycles. The lowest BCUT2D eigenvalue weighted by Gasteiger charge is -2.29. The highest BCUT2D eigenvalue weighted by Crippen LogP contribution is 2.23. The van der Waals surface area contributed by atoms with Crippen LogP contribution in [0.2, 0.25) is 0 Å². The van der Waals surface area contributed by atoms with Crippen LogP contribution < -0.4 is 5.32 Å². The van der Waals surface area contributed by atoms with Gasteiger partial charge in [-0.25, -0.2) is 9.69 Å². The summed E-state index contributed by atoms with van der Waals surface area (Å²) in [5.41, 5.74) is 0. The molecule has 2 rings (SSSR count). The van der Waals surface area contributed by atoms with E-state index in [1.54, 1.807) is 0 Å². The minimum absolute atomic E-state index is 0.0801. The summed E-state index contributed by atoms with van der Waals surface area (Å²) in [5.74, 6) is -1.75. The van der Waals surface area contributed by atoms with E-state index in [-0.39, 0.29) is 25.0 Å². The first-order valence-corrected chi connectivity index (χ1v) is 7.92. The Bertz CT molecular complexity index is 491. The van der Waals surface area contributed by atoms with Crippen LogP contribution in [0.15, 0.2) is 0 Å². The zero-order valence-corrected chi connectivity index (χ0v) is 13.1. The second-order valence-electron chi connectivity index (χ2n) is 6.07. The molecule has 122 valence electrons. The van der Waals surface area contributed by atoms with Crippen LogP contribution in [-0.2, 0) is 14.4 Å². The fourth-order valence-electron chi connectivity index (χ4n) is 3.04. The average Bonchev–Trinajstić information content (AvgIpc) is 2.68. The van der Waals surface area contributed by atoms with Crippen LogP contribution in [0, 0.1) is 5.92 Å². The summed E-state index contributed by atoms with van der Waals surface area (Å²) in [5, 5.41) is 2.88. The maximum Gasteiger partial charge on any atom is 0.334 e. The van der Waals surface area contributed by atoms with Crippen molar-refractivity contribution in [3.63, 3.8) is 0 Å². The summed E-state index contributed by atoms with van der Waals surface area (Å²) in [6.45, 7) is 3.71. The molecule has 1 saturated heterocycles. The number of amides is 5. The van der Waals surface area contributed by atoms with Crippen molar-refractivity contribution in [1.29, 1.82) is 0 Å². The van der Waals surface area contributed by atoms with Gasteiger partial charge in [-0.15, -0.1) is 0 Å². The number of carbonyl (C=O) groups is 4. The van der Waals surface area contributed by atoms with Gasteiger partial charge in [0.25, 0.3) is 0 Å². The number of carbonyl (C=O) groups excluding carboxylic acids is 4. The van der Waals surface area contributed by atoms with Crippen molar-refractivity contribution in [3.8, 4) is 0 Å². The van der Waals surface area contributed by atoms with E-state index in [2.05, 4.69) is 12.2 Å². The Morgan fingerprint density at radius 1 is 1.14 bits per heavy atom. The monoisotopic (exact) mass is 309 g/mol. The molecule has 7 heteroatoms. The number of nitrogens with one attached hydrogen (secondary N) is 1. The van der Waals surface area contributed by atoms with Crippen LogP contribution in [0.25, 0.3) is 0 Å². The van der Waals surface area contributed by atoms with Gasteiger partial charge in [-0.1, -0.05) is 26.7 Å². The minimum Gasteiger partial charge on any atom is -0.352 e. The van der Waals surface area contributed by atoms with E-state index in [9.17, 15) is 19.2 Å². The van der Waals surface area contributed by atoms with Crippen molar-refractivity contribution >= 4 is 23.8 Å². The van der Waals surface area contributed by atoms with Crippen molar-refractivity contribution in [2.45, 2.75) is 52.0 Å². The second kappa shape index (κ2) is 6.89. The van der Waals surface area contributed by atoms with Crippen LogP contribution >= 0.6 is 0 Å². The molecular weight excluding hydrogens is 286 g/mol. The summed E-state index contributed by atoms with van der Waals surface area (Å²) >= 11 is 0. The molecule has 22 heavy (non-hydrogen) atoms. The molecule has 0 radical (unpaired) electrons. The van der Waals surface area contributed by atoms with Crippen LogP contribution in [0.4, 0.5) is 4.79 Å². The molecule has 1 heterocycles. The molecule has 1 aliphatic heterocycles. The maximum atomic E-state index is 12.1. The fraction of sp³-hybridized carbons (Fsp3) is 0.733. The highest BCUT2D eigenvalue weighted by atomic mass is 16.2. The van der Waals surface area contributed by atoms with Crippen molar-refractivity contribution in [2.24, 2.45) is 5.92 Å². The topological polar surface area (TPSA) is 86.8 Å². The van der Waals surface area contributed by atoms with Gasteiger partial charge in [0, 0.05) is 12.6 Å². The first kappa shape index (κ1) is 16.5. The van der Waals surface area contributed by atoms with Crippen molar-refractivity contribution in [3.05, 3.63) is 0 Å².